The summed E-state index contributed by atoms with van der Waals surface area (Å²) in [5.74, 6) is -1.42. The van der Waals surface area contributed by atoms with Gasteiger partial charge in [0.15, 0.2) is 12.4 Å². The van der Waals surface area contributed by atoms with Crippen molar-refractivity contribution in [3.05, 3.63) is 0 Å². The highest BCUT2D eigenvalue weighted by Gasteiger charge is 2.47. The lowest BCUT2D eigenvalue weighted by atomic mass is 9.99. The monoisotopic (exact) mass is 250 g/mol. The van der Waals surface area contributed by atoms with Crippen molar-refractivity contribution in [3.63, 3.8) is 0 Å². The van der Waals surface area contributed by atoms with Crippen LogP contribution in [0.4, 0.5) is 0 Å². The molecule has 1 saturated heterocycles. The van der Waals surface area contributed by atoms with Crippen molar-refractivity contribution < 1.29 is 34.7 Å². The molecule has 1 heterocycles. The zero-order valence-electron chi connectivity index (χ0n) is 9.68. The Morgan fingerprint density at radius 2 is 1.88 bits per heavy atom. The fourth-order valence-corrected chi connectivity index (χ4v) is 1.49. The highest BCUT2D eigenvalue weighted by molar-refractivity contribution is 5.73. The Hall–Kier alpha value is -0.730. The maximum Gasteiger partial charge on any atom is 0.335 e. The number of aliphatic carboxylic acids is 1. The van der Waals surface area contributed by atoms with E-state index in [9.17, 15) is 20.1 Å². The number of ether oxygens (including phenoxy) is 2. The number of carboxylic acids is 1. The van der Waals surface area contributed by atoms with Gasteiger partial charge in [0.05, 0.1) is 6.10 Å². The summed E-state index contributed by atoms with van der Waals surface area (Å²) in [5, 5.41) is 37.3. The number of aliphatic hydroxyl groups is 3. The van der Waals surface area contributed by atoms with Gasteiger partial charge in [0.25, 0.3) is 0 Å². The quantitative estimate of drug-likeness (QED) is 0.489. The van der Waals surface area contributed by atoms with Crippen molar-refractivity contribution >= 4 is 5.97 Å². The molecule has 0 aliphatic carbocycles. The molecule has 0 radical (unpaired) electrons. The van der Waals surface area contributed by atoms with Gasteiger partial charge in [-0.25, -0.2) is 4.79 Å². The molecule has 3 unspecified atom stereocenters. The first kappa shape index (κ1) is 14.3. The summed E-state index contributed by atoms with van der Waals surface area (Å²) in [4.78, 5) is 10.8. The summed E-state index contributed by atoms with van der Waals surface area (Å²) in [6, 6.07) is 0. The van der Waals surface area contributed by atoms with Crippen LogP contribution in [-0.4, -0.2) is 63.2 Å². The average molecular weight is 250 g/mol. The predicted octanol–water partition coefficient (Wildman–Crippen LogP) is -1.31. The molecule has 0 amide bonds. The van der Waals surface area contributed by atoms with Crippen LogP contribution in [0.3, 0.4) is 0 Å². The molecule has 7 nitrogen and oxygen atoms in total. The third kappa shape index (κ3) is 3.14. The molecule has 6 atom stereocenters. The second-order valence-corrected chi connectivity index (χ2v) is 4.09. The van der Waals surface area contributed by atoms with E-state index in [1.54, 1.807) is 6.92 Å². The average Bonchev–Trinajstić information content (AvgIpc) is 2.29. The van der Waals surface area contributed by atoms with E-state index in [0.29, 0.717) is 6.42 Å². The fraction of sp³-hybridized carbons (Fsp3) is 0.900. The van der Waals surface area contributed by atoms with Crippen LogP contribution in [0.2, 0.25) is 0 Å². The first-order chi connectivity index (χ1) is 7.88. The van der Waals surface area contributed by atoms with Crippen LogP contribution < -0.4 is 0 Å². The first-order valence-corrected chi connectivity index (χ1v) is 5.46. The Morgan fingerprint density at radius 3 is 2.35 bits per heavy atom. The maximum absolute atomic E-state index is 10.8. The Morgan fingerprint density at radius 1 is 1.29 bits per heavy atom. The van der Waals surface area contributed by atoms with Gasteiger partial charge < -0.3 is 29.9 Å². The van der Waals surface area contributed by atoms with Gasteiger partial charge in [0, 0.05) is 0 Å². The smallest absolute Gasteiger partial charge is 0.335 e. The molecule has 1 rings (SSSR count). The van der Waals surface area contributed by atoms with Crippen LogP contribution >= 0.6 is 0 Å². The van der Waals surface area contributed by atoms with Crippen LogP contribution in [0.15, 0.2) is 0 Å². The molecule has 0 spiro atoms. The lowest BCUT2D eigenvalue weighted by Crippen LogP contribution is -2.60. The Balaban J connectivity index is 2.74. The van der Waals surface area contributed by atoms with Gasteiger partial charge in [-0.15, -0.1) is 0 Å². The van der Waals surface area contributed by atoms with Crippen molar-refractivity contribution in [1.82, 2.24) is 0 Å². The molecule has 4 N–H and O–H groups in total. The predicted molar refractivity (Wildman–Crippen MR) is 55.2 cm³/mol. The summed E-state index contributed by atoms with van der Waals surface area (Å²) >= 11 is 0. The fourth-order valence-electron chi connectivity index (χ4n) is 1.49. The molecule has 1 aliphatic heterocycles. The SMILES string of the molecule is CCC(C)O[C@H]1OC(C(=O)O)[C@@H](O)C(O)[C@H]1O. The van der Waals surface area contributed by atoms with Crippen LogP contribution in [0.25, 0.3) is 0 Å². The van der Waals surface area contributed by atoms with E-state index >= 15 is 0 Å². The van der Waals surface area contributed by atoms with Crippen molar-refractivity contribution in [2.45, 2.75) is 57.1 Å². The summed E-state index contributed by atoms with van der Waals surface area (Å²) in [5.41, 5.74) is 0. The highest BCUT2D eigenvalue weighted by Crippen LogP contribution is 2.23. The molecule has 0 saturated carbocycles. The molecular formula is C10H18O7. The zero-order valence-corrected chi connectivity index (χ0v) is 9.68. The van der Waals surface area contributed by atoms with Gasteiger partial charge >= 0.3 is 5.97 Å². The second-order valence-electron chi connectivity index (χ2n) is 4.09. The minimum Gasteiger partial charge on any atom is -0.479 e. The van der Waals surface area contributed by atoms with Crippen molar-refractivity contribution in [2.75, 3.05) is 0 Å². The third-order valence-corrected chi connectivity index (χ3v) is 2.75. The van der Waals surface area contributed by atoms with Gasteiger partial charge in [0.2, 0.25) is 0 Å². The molecule has 1 aliphatic rings. The van der Waals surface area contributed by atoms with Crippen LogP contribution in [0, 0.1) is 0 Å². The number of rotatable bonds is 4. The van der Waals surface area contributed by atoms with E-state index in [4.69, 9.17) is 14.6 Å². The normalized spacial score (nSPS) is 39.9. The molecule has 0 aromatic rings. The van der Waals surface area contributed by atoms with Gasteiger partial charge in [0.1, 0.15) is 18.3 Å². The lowest BCUT2D eigenvalue weighted by Gasteiger charge is -2.39. The number of aliphatic hydroxyl groups excluding tert-OH is 3. The minimum absolute atomic E-state index is 0.258. The van der Waals surface area contributed by atoms with Gasteiger partial charge in [-0.2, -0.15) is 0 Å². The summed E-state index contributed by atoms with van der Waals surface area (Å²) in [6.45, 7) is 3.57. The van der Waals surface area contributed by atoms with Gasteiger partial charge in [-0.05, 0) is 13.3 Å². The number of carboxylic acid groups (broad SMARTS) is 1. The van der Waals surface area contributed by atoms with E-state index in [0.717, 1.165) is 0 Å². The second kappa shape index (κ2) is 5.74. The molecule has 17 heavy (non-hydrogen) atoms. The first-order valence-electron chi connectivity index (χ1n) is 5.46. The summed E-state index contributed by atoms with van der Waals surface area (Å²) in [6.07, 6.45) is -7.26. The standard InChI is InChI=1S/C10H18O7/c1-3-4(2)16-10-7(13)5(11)6(12)8(17-10)9(14)15/h4-8,10-13H,3H2,1-2H3,(H,14,15)/t4?,5?,6-,7+,8?,10-/m0/s1. The van der Waals surface area contributed by atoms with Crippen molar-refractivity contribution in [1.29, 1.82) is 0 Å². The van der Waals surface area contributed by atoms with Crippen molar-refractivity contribution in [2.24, 2.45) is 0 Å². The van der Waals surface area contributed by atoms with E-state index in [-0.39, 0.29) is 6.10 Å². The topological polar surface area (TPSA) is 116 Å². The largest absolute Gasteiger partial charge is 0.479 e. The third-order valence-electron chi connectivity index (χ3n) is 2.75. The van der Waals surface area contributed by atoms with E-state index in [1.807, 2.05) is 6.92 Å². The number of hydrogen-bond acceptors (Lipinski definition) is 6. The van der Waals surface area contributed by atoms with E-state index in [2.05, 4.69) is 0 Å². The highest BCUT2D eigenvalue weighted by atomic mass is 16.7. The van der Waals surface area contributed by atoms with E-state index < -0.39 is 36.7 Å². The lowest BCUT2D eigenvalue weighted by molar-refractivity contribution is -0.303. The molecule has 1 fully saturated rings. The molecule has 0 aromatic heterocycles. The number of hydrogen-bond donors (Lipinski definition) is 4. The zero-order chi connectivity index (χ0) is 13.2. The van der Waals surface area contributed by atoms with Gasteiger partial charge in [-0.1, -0.05) is 6.92 Å². The van der Waals surface area contributed by atoms with Crippen molar-refractivity contribution in [3.8, 4) is 0 Å². The Labute approximate surface area is 98.6 Å². The van der Waals surface area contributed by atoms with Crippen LogP contribution in [-0.2, 0) is 14.3 Å². The van der Waals surface area contributed by atoms with Crippen LogP contribution in [0.1, 0.15) is 20.3 Å². The van der Waals surface area contributed by atoms with Crippen LogP contribution in [0.5, 0.6) is 0 Å². The number of carbonyl (C=O) groups is 1. The molecule has 100 valence electrons. The summed E-state index contributed by atoms with van der Waals surface area (Å²) in [7, 11) is 0. The van der Waals surface area contributed by atoms with E-state index in [1.165, 1.54) is 0 Å². The molecule has 7 heteroatoms. The molecule has 0 bridgehead atoms. The minimum atomic E-state index is -1.68. The molecule has 0 aromatic carbocycles. The Kier molecular flexibility index (Phi) is 4.84. The molecular weight excluding hydrogens is 232 g/mol. The summed E-state index contributed by atoms with van der Waals surface area (Å²) < 4.78 is 10.2. The maximum atomic E-state index is 10.8. The Bertz CT molecular complexity index is 269. The van der Waals surface area contributed by atoms with Gasteiger partial charge in [-0.3, -0.25) is 0 Å².